The smallest absolute Gasteiger partial charge is 0.357 e. The molecule has 0 radical (unpaired) electrons. The van der Waals surface area contributed by atoms with Crippen molar-refractivity contribution in [3.05, 3.63) is 35.4 Å². The number of nitrogens with zero attached hydrogens (tertiary/aromatic N) is 3. The second-order valence-electron chi connectivity index (χ2n) is 7.04. The van der Waals surface area contributed by atoms with E-state index in [0.717, 1.165) is 5.56 Å². The lowest BCUT2D eigenvalue weighted by atomic mass is 10.1. The topological polar surface area (TPSA) is 60.0 Å². The first-order valence-corrected chi connectivity index (χ1v) is 9.70. The van der Waals surface area contributed by atoms with E-state index in [1.54, 1.807) is 25.1 Å². The summed E-state index contributed by atoms with van der Waals surface area (Å²) in [6.07, 6.45) is -2.92. The number of carbonyl (C=O) groups excluding carboxylic acids is 1. The SMILES string of the molecule is CCNC(=NCCCN(C)CC(F)(F)F)NCCc1cccc(C(=O)N(C)C)c1.I. The lowest BCUT2D eigenvalue weighted by molar-refractivity contribution is -0.143. The van der Waals surface area contributed by atoms with Crippen molar-refractivity contribution in [2.75, 3.05) is 53.9 Å². The van der Waals surface area contributed by atoms with E-state index in [9.17, 15) is 18.0 Å². The number of hydrogen-bond donors (Lipinski definition) is 2. The van der Waals surface area contributed by atoms with Crippen LogP contribution in [0.15, 0.2) is 29.3 Å². The van der Waals surface area contributed by atoms with Crippen LogP contribution < -0.4 is 10.6 Å². The molecule has 2 N–H and O–H groups in total. The Labute approximate surface area is 194 Å². The van der Waals surface area contributed by atoms with Crippen LogP contribution in [0, 0.1) is 0 Å². The van der Waals surface area contributed by atoms with Gasteiger partial charge in [-0.1, -0.05) is 12.1 Å². The first-order chi connectivity index (χ1) is 13.6. The Bertz CT molecular complexity index is 668. The molecule has 0 atom stereocenters. The second kappa shape index (κ2) is 14.4. The van der Waals surface area contributed by atoms with E-state index < -0.39 is 12.7 Å². The minimum atomic E-state index is -4.18. The number of rotatable bonds is 10. The molecule has 1 amide bonds. The summed E-state index contributed by atoms with van der Waals surface area (Å²) in [6.45, 7) is 3.11. The summed E-state index contributed by atoms with van der Waals surface area (Å²) >= 11 is 0. The highest BCUT2D eigenvalue weighted by atomic mass is 127. The average molecular weight is 543 g/mol. The van der Waals surface area contributed by atoms with Crippen molar-refractivity contribution in [2.45, 2.75) is 25.9 Å². The number of carbonyl (C=O) groups is 1. The van der Waals surface area contributed by atoms with Crippen LogP contribution in [-0.2, 0) is 6.42 Å². The van der Waals surface area contributed by atoms with Crippen LogP contribution in [0.1, 0.15) is 29.3 Å². The first-order valence-electron chi connectivity index (χ1n) is 9.70. The molecule has 0 aliphatic carbocycles. The molecule has 1 aromatic rings. The van der Waals surface area contributed by atoms with E-state index in [4.69, 9.17) is 0 Å². The zero-order chi connectivity index (χ0) is 21.9. The number of alkyl halides is 3. The van der Waals surface area contributed by atoms with Gasteiger partial charge in [0.15, 0.2) is 5.96 Å². The molecule has 0 saturated carbocycles. The Balaban J connectivity index is 0.00000841. The molecule has 0 spiro atoms. The molecule has 1 rings (SSSR count). The third-order valence-electron chi connectivity index (χ3n) is 4.05. The van der Waals surface area contributed by atoms with Crippen molar-refractivity contribution in [3.8, 4) is 0 Å². The van der Waals surface area contributed by atoms with E-state index in [0.29, 0.717) is 50.5 Å². The molecule has 0 fully saturated rings. The Morgan fingerprint density at radius 1 is 1.17 bits per heavy atom. The molecule has 0 aliphatic heterocycles. The van der Waals surface area contributed by atoms with Crippen molar-refractivity contribution in [1.29, 1.82) is 0 Å². The molecule has 0 saturated heterocycles. The summed E-state index contributed by atoms with van der Waals surface area (Å²) in [6, 6.07) is 7.50. The Morgan fingerprint density at radius 3 is 2.47 bits per heavy atom. The minimum absolute atomic E-state index is 0. The molecule has 172 valence electrons. The van der Waals surface area contributed by atoms with Crippen molar-refractivity contribution in [1.82, 2.24) is 20.4 Å². The van der Waals surface area contributed by atoms with Crippen molar-refractivity contribution in [3.63, 3.8) is 0 Å². The maximum atomic E-state index is 12.3. The van der Waals surface area contributed by atoms with Crippen LogP contribution in [-0.4, -0.2) is 81.7 Å². The van der Waals surface area contributed by atoms with Crippen molar-refractivity contribution in [2.24, 2.45) is 4.99 Å². The predicted molar refractivity (Wildman–Crippen MR) is 126 cm³/mol. The van der Waals surface area contributed by atoms with Crippen LogP contribution in [0.3, 0.4) is 0 Å². The zero-order valence-electron chi connectivity index (χ0n) is 18.1. The maximum Gasteiger partial charge on any atom is 0.401 e. The fraction of sp³-hybridized carbons (Fsp3) is 0.600. The standard InChI is InChI=1S/C20H32F3N5O.HI/c1-5-24-19(25-11-7-13-28(4)15-20(21,22)23)26-12-10-16-8-6-9-17(14-16)18(29)27(2)3;/h6,8-9,14H,5,7,10-13,15H2,1-4H3,(H2,24,25,26);1H. The summed E-state index contributed by atoms with van der Waals surface area (Å²) in [5, 5.41) is 6.34. The minimum Gasteiger partial charge on any atom is -0.357 e. The first kappa shape index (κ1) is 28.4. The Morgan fingerprint density at radius 2 is 1.87 bits per heavy atom. The fourth-order valence-corrected chi connectivity index (χ4v) is 2.70. The molecule has 30 heavy (non-hydrogen) atoms. The Hall–Kier alpha value is -1.56. The molecule has 10 heteroatoms. The van der Waals surface area contributed by atoms with Crippen LogP contribution in [0.5, 0.6) is 0 Å². The van der Waals surface area contributed by atoms with E-state index in [2.05, 4.69) is 15.6 Å². The van der Waals surface area contributed by atoms with E-state index >= 15 is 0 Å². The zero-order valence-corrected chi connectivity index (χ0v) is 20.4. The van der Waals surface area contributed by atoms with Gasteiger partial charge >= 0.3 is 6.18 Å². The number of benzene rings is 1. The summed E-state index contributed by atoms with van der Waals surface area (Å²) in [5.74, 6) is 0.594. The molecule has 1 aromatic carbocycles. The molecule has 0 unspecified atom stereocenters. The third kappa shape index (κ3) is 12.2. The lowest BCUT2D eigenvalue weighted by Gasteiger charge is -2.18. The number of guanidine groups is 1. The second-order valence-corrected chi connectivity index (χ2v) is 7.04. The molecular formula is C20H33F3IN5O. The van der Waals surface area contributed by atoms with Crippen LogP contribution in [0.25, 0.3) is 0 Å². The molecular weight excluding hydrogens is 510 g/mol. The van der Waals surface area contributed by atoms with Crippen molar-refractivity contribution < 1.29 is 18.0 Å². The highest BCUT2D eigenvalue weighted by molar-refractivity contribution is 14.0. The molecule has 0 heterocycles. The largest absolute Gasteiger partial charge is 0.401 e. The predicted octanol–water partition coefficient (Wildman–Crippen LogP) is 2.99. The van der Waals surface area contributed by atoms with Crippen LogP contribution in [0.2, 0.25) is 0 Å². The van der Waals surface area contributed by atoms with Crippen LogP contribution in [0.4, 0.5) is 13.2 Å². The summed E-state index contributed by atoms with van der Waals surface area (Å²) in [7, 11) is 4.89. The van der Waals surface area contributed by atoms with Gasteiger partial charge < -0.3 is 15.5 Å². The number of nitrogens with one attached hydrogen (secondary N) is 2. The third-order valence-corrected chi connectivity index (χ3v) is 4.05. The molecule has 0 bridgehead atoms. The van der Waals surface area contributed by atoms with E-state index in [1.165, 1.54) is 11.9 Å². The monoisotopic (exact) mass is 543 g/mol. The van der Waals surface area contributed by atoms with Gasteiger partial charge in [-0.25, -0.2) is 0 Å². The van der Waals surface area contributed by atoms with Gasteiger partial charge in [-0.3, -0.25) is 14.7 Å². The molecule has 6 nitrogen and oxygen atoms in total. The highest BCUT2D eigenvalue weighted by Crippen LogP contribution is 2.15. The average Bonchev–Trinajstić information content (AvgIpc) is 2.63. The summed E-state index contributed by atoms with van der Waals surface area (Å²) in [5.41, 5.74) is 1.69. The van der Waals surface area contributed by atoms with Crippen molar-refractivity contribution >= 4 is 35.8 Å². The normalized spacial score (nSPS) is 11.8. The van der Waals surface area contributed by atoms with Gasteiger partial charge in [-0.05, 0) is 51.1 Å². The van der Waals surface area contributed by atoms with Gasteiger partial charge in [-0.2, -0.15) is 13.2 Å². The van der Waals surface area contributed by atoms with Gasteiger partial charge in [0.05, 0.1) is 6.54 Å². The fourth-order valence-electron chi connectivity index (χ4n) is 2.70. The lowest BCUT2D eigenvalue weighted by Crippen LogP contribution is -2.38. The van der Waals surface area contributed by atoms with E-state index in [-0.39, 0.29) is 29.9 Å². The Kier molecular flexibility index (Phi) is 13.7. The van der Waals surface area contributed by atoms with Gasteiger partial charge in [0.2, 0.25) is 0 Å². The van der Waals surface area contributed by atoms with E-state index in [1.807, 2.05) is 25.1 Å². The molecule has 0 aromatic heterocycles. The number of hydrogen-bond acceptors (Lipinski definition) is 3. The molecule has 0 aliphatic rings. The van der Waals surface area contributed by atoms with Gasteiger partial charge in [-0.15, -0.1) is 24.0 Å². The number of aliphatic imine (C=N–C) groups is 1. The quantitative estimate of drug-likeness (QED) is 0.206. The van der Waals surface area contributed by atoms with Crippen LogP contribution >= 0.6 is 24.0 Å². The highest BCUT2D eigenvalue weighted by Gasteiger charge is 2.28. The van der Waals surface area contributed by atoms with Gasteiger partial charge in [0, 0.05) is 39.3 Å². The summed E-state index contributed by atoms with van der Waals surface area (Å²) in [4.78, 5) is 19.2. The number of halogens is 4. The van der Waals surface area contributed by atoms with Gasteiger partial charge in [0.1, 0.15) is 0 Å². The summed E-state index contributed by atoms with van der Waals surface area (Å²) < 4.78 is 37.0. The maximum absolute atomic E-state index is 12.3. The van der Waals surface area contributed by atoms with Gasteiger partial charge in [0.25, 0.3) is 5.91 Å². The number of amides is 1.